The fourth-order valence-electron chi connectivity index (χ4n) is 4.04. The highest BCUT2D eigenvalue weighted by Gasteiger charge is 2.28. The molecule has 7 nitrogen and oxygen atoms in total. The van der Waals surface area contributed by atoms with Gasteiger partial charge in [0.05, 0.1) is 10.6 Å². The molecule has 0 saturated carbocycles. The maximum atomic E-state index is 14.4. The molecule has 0 radical (unpaired) electrons. The molecule has 188 valence electrons. The molecule has 2 aromatic heterocycles. The maximum Gasteiger partial charge on any atom is 0.275 e. The highest BCUT2D eigenvalue weighted by Crippen LogP contribution is 2.39. The minimum Gasteiger partial charge on any atom is -0.454 e. The van der Waals surface area contributed by atoms with Crippen molar-refractivity contribution in [2.75, 3.05) is 5.73 Å². The molecule has 0 atom stereocenters. The zero-order valence-corrected chi connectivity index (χ0v) is 20.6. The van der Waals surface area contributed by atoms with Crippen molar-refractivity contribution in [3.8, 4) is 22.8 Å². The normalized spacial score (nSPS) is 11.7. The molecule has 0 saturated heterocycles. The molecule has 3 aromatic carbocycles. The quantitative estimate of drug-likeness (QED) is 0.321. The molecule has 2 heterocycles. The van der Waals surface area contributed by atoms with Crippen LogP contribution < -0.4 is 16.0 Å². The summed E-state index contributed by atoms with van der Waals surface area (Å²) in [5.41, 5.74) is 6.86. The first-order valence-corrected chi connectivity index (χ1v) is 12.6. The average molecular weight is 522 g/mol. The van der Waals surface area contributed by atoms with E-state index in [0.29, 0.717) is 11.5 Å². The van der Waals surface area contributed by atoms with E-state index in [1.54, 1.807) is 18.2 Å². The number of benzene rings is 3. The van der Waals surface area contributed by atoms with Crippen LogP contribution in [0.4, 0.5) is 14.5 Å². The van der Waals surface area contributed by atoms with Crippen molar-refractivity contribution in [1.29, 1.82) is 0 Å². The number of nitrogen functional groups attached to an aromatic ring is 1. The van der Waals surface area contributed by atoms with Gasteiger partial charge < -0.3 is 15.0 Å². The van der Waals surface area contributed by atoms with Gasteiger partial charge in [-0.1, -0.05) is 17.7 Å². The van der Waals surface area contributed by atoms with E-state index in [-0.39, 0.29) is 38.9 Å². The highest BCUT2D eigenvalue weighted by molar-refractivity contribution is 7.90. The number of aromatic nitrogens is 2. The van der Waals surface area contributed by atoms with Gasteiger partial charge in [0, 0.05) is 35.9 Å². The number of anilines is 1. The first kappa shape index (κ1) is 24.3. The van der Waals surface area contributed by atoms with E-state index < -0.39 is 27.2 Å². The zero-order valence-electron chi connectivity index (χ0n) is 19.8. The van der Waals surface area contributed by atoms with Crippen LogP contribution in [0.1, 0.15) is 5.56 Å². The van der Waals surface area contributed by atoms with Gasteiger partial charge in [-0.05, 0) is 61.5 Å². The molecule has 0 amide bonds. The van der Waals surface area contributed by atoms with Crippen molar-refractivity contribution in [3.63, 3.8) is 0 Å². The van der Waals surface area contributed by atoms with Crippen LogP contribution >= 0.6 is 0 Å². The minimum absolute atomic E-state index is 0.0290. The number of hydrogen-bond acceptors (Lipinski definition) is 5. The Morgan fingerprint density at radius 2 is 1.59 bits per heavy atom. The van der Waals surface area contributed by atoms with Crippen LogP contribution in [0.5, 0.6) is 11.5 Å². The molecule has 5 rings (SSSR count). The zero-order chi connectivity index (χ0) is 26.5. The van der Waals surface area contributed by atoms with Crippen LogP contribution in [0.25, 0.3) is 22.2 Å². The number of pyridine rings is 1. The summed E-state index contributed by atoms with van der Waals surface area (Å²) in [5.74, 6) is -1.93. The van der Waals surface area contributed by atoms with Gasteiger partial charge in [0.15, 0.2) is 11.6 Å². The number of rotatable bonds is 5. The van der Waals surface area contributed by atoms with E-state index in [4.69, 9.17) is 10.5 Å². The number of fused-ring (bicyclic) bond motifs is 1. The first-order valence-electron chi connectivity index (χ1n) is 11.1. The summed E-state index contributed by atoms with van der Waals surface area (Å²) in [6.07, 6.45) is 1.53. The predicted octanol–water partition coefficient (Wildman–Crippen LogP) is 5.21. The maximum absolute atomic E-state index is 14.4. The van der Waals surface area contributed by atoms with Crippen molar-refractivity contribution in [3.05, 3.63) is 107 Å². The van der Waals surface area contributed by atoms with E-state index in [1.807, 2.05) is 6.92 Å². The highest BCUT2D eigenvalue weighted by atomic mass is 32.2. The van der Waals surface area contributed by atoms with E-state index in [9.17, 15) is 22.0 Å². The summed E-state index contributed by atoms with van der Waals surface area (Å²) in [6, 6.07) is 16.6. The van der Waals surface area contributed by atoms with Gasteiger partial charge in [0.25, 0.3) is 15.6 Å². The molecule has 0 fully saturated rings. The molecule has 5 aromatic rings. The molecule has 0 aliphatic heterocycles. The van der Waals surface area contributed by atoms with Gasteiger partial charge in [-0.25, -0.2) is 21.2 Å². The number of ether oxygens (including phenoxy) is 1. The lowest BCUT2D eigenvalue weighted by atomic mass is 10.1. The molecule has 0 bridgehead atoms. The average Bonchev–Trinajstić information content (AvgIpc) is 3.25. The number of hydrogen-bond donors (Lipinski definition) is 1. The lowest BCUT2D eigenvalue weighted by molar-refractivity contribution is 0.439. The third-order valence-electron chi connectivity index (χ3n) is 5.94. The van der Waals surface area contributed by atoms with Crippen molar-refractivity contribution in [2.24, 2.45) is 7.05 Å². The first-order chi connectivity index (χ1) is 17.6. The van der Waals surface area contributed by atoms with Crippen molar-refractivity contribution in [2.45, 2.75) is 11.8 Å². The summed E-state index contributed by atoms with van der Waals surface area (Å²) in [5, 5.41) is 0.370. The molecule has 0 unspecified atom stereocenters. The molecule has 0 aliphatic rings. The Kier molecular flexibility index (Phi) is 5.83. The van der Waals surface area contributed by atoms with Gasteiger partial charge in [-0.3, -0.25) is 4.79 Å². The van der Waals surface area contributed by atoms with Crippen molar-refractivity contribution < 1.29 is 21.9 Å². The third kappa shape index (κ3) is 4.25. The SMILES string of the molecule is Cc1ccc(S(=O)(=O)n2c(-c3cc(N)ccc3Oc3ccc(F)cc3F)cc3ccn(C)c(=O)c32)cc1. The molecule has 2 N–H and O–H groups in total. The lowest BCUT2D eigenvalue weighted by Gasteiger charge is -2.16. The fraction of sp³-hybridized carbons (Fsp3) is 0.0741. The van der Waals surface area contributed by atoms with Crippen LogP contribution in [0.15, 0.2) is 88.7 Å². The lowest BCUT2D eigenvalue weighted by Crippen LogP contribution is -2.22. The molecule has 0 aliphatic carbocycles. The van der Waals surface area contributed by atoms with E-state index in [2.05, 4.69) is 0 Å². The van der Waals surface area contributed by atoms with Gasteiger partial charge in [-0.15, -0.1) is 0 Å². The summed E-state index contributed by atoms with van der Waals surface area (Å²) in [6.45, 7) is 1.83. The standard InChI is InChI=1S/C27H21F2N3O4S/c1-16-3-7-20(8-4-16)37(34,35)32-23(13-17-11-12-31(2)27(33)26(17)32)21-15-19(30)6-10-24(21)36-25-9-5-18(28)14-22(25)29/h3-15H,30H2,1-2H3. The molecular formula is C27H21F2N3O4S. The second kappa shape index (κ2) is 8.90. The summed E-state index contributed by atoms with van der Waals surface area (Å²) >= 11 is 0. The van der Waals surface area contributed by atoms with Gasteiger partial charge >= 0.3 is 0 Å². The largest absolute Gasteiger partial charge is 0.454 e. The summed E-state index contributed by atoms with van der Waals surface area (Å²) < 4.78 is 63.7. The smallest absolute Gasteiger partial charge is 0.275 e. The Morgan fingerprint density at radius 3 is 2.30 bits per heavy atom. The second-order valence-electron chi connectivity index (χ2n) is 8.58. The molecule has 0 spiro atoms. The number of halogens is 2. The monoisotopic (exact) mass is 521 g/mol. The van der Waals surface area contributed by atoms with Crippen molar-refractivity contribution >= 4 is 26.6 Å². The van der Waals surface area contributed by atoms with Crippen LogP contribution in [0.3, 0.4) is 0 Å². The van der Waals surface area contributed by atoms with Crippen LogP contribution in [-0.4, -0.2) is 17.0 Å². The van der Waals surface area contributed by atoms with Crippen molar-refractivity contribution in [1.82, 2.24) is 8.54 Å². The fourth-order valence-corrected chi connectivity index (χ4v) is 5.57. The minimum atomic E-state index is -4.29. The van der Waals surface area contributed by atoms with E-state index in [1.165, 1.54) is 54.2 Å². The Hall–Kier alpha value is -4.44. The van der Waals surface area contributed by atoms with Crippen LogP contribution in [-0.2, 0) is 17.1 Å². The Bertz CT molecular complexity index is 1840. The summed E-state index contributed by atoms with van der Waals surface area (Å²) in [7, 11) is -2.77. The Morgan fingerprint density at radius 1 is 0.892 bits per heavy atom. The second-order valence-corrected chi connectivity index (χ2v) is 10.4. The number of nitrogens with two attached hydrogens (primary N) is 1. The van der Waals surface area contributed by atoms with Gasteiger partial charge in [-0.2, -0.15) is 0 Å². The Balaban J connectivity index is 1.82. The van der Waals surface area contributed by atoms with Gasteiger partial charge in [0.1, 0.15) is 17.1 Å². The van der Waals surface area contributed by atoms with Crippen LogP contribution in [0.2, 0.25) is 0 Å². The summed E-state index contributed by atoms with van der Waals surface area (Å²) in [4.78, 5) is 13.2. The van der Waals surface area contributed by atoms with Crippen LogP contribution in [0, 0.1) is 18.6 Å². The predicted molar refractivity (Wildman–Crippen MR) is 137 cm³/mol. The van der Waals surface area contributed by atoms with E-state index >= 15 is 0 Å². The number of nitrogens with zero attached hydrogens (tertiary/aromatic N) is 2. The third-order valence-corrected chi connectivity index (χ3v) is 7.67. The molecule has 10 heteroatoms. The Labute approximate surface area is 211 Å². The van der Waals surface area contributed by atoms with E-state index in [0.717, 1.165) is 21.7 Å². The number of aryl methyl sites for hydroxylation is 2. The molecule has 37 heavy (non-hydrogen) atoms. The topological polar surface area (TPSA) is 96.3 Å². The van der Waals surface area contributed by atoms with Gasteiger partial charge in [0.2, 0.25) is 0 Å². The molecular weight excluding hydrogens is 500 g/mol.